The van der Waals surface area contributed by atoms with Crippen molar-refractivity contribution in [2.75, 3.05) is 18.8 Å². The Morgan fingerprint density at radius 3 is 2.71 bits per heavy atom. The third-order valence-electron chi connectivity index (χ3n) is 6.02. The van der Waals surface area contributed by atoms with E-state index < -0.39 is 0 Å². The first-order chi connectivity index (χ1) is 15.0. The fourth-order valence-electron chi connectivity index (χ4n) is 4.21. The van der Waals surface area contributed by atoms with Crippen molar-refractivity contribution in [1.29, 1.82) is 0 Å². The zero-order valence-corrected chi connectivity index (χ0v) is 17.6. The average molecular weight is 416 g/mol. The van der Waals surface area contributed by atoms with Crippen LogP contribution < -0.4 is 5.73 Å². The monoisotopic (exact) mass is 416 g/mol. The van der Waals surface area contributed by atoms with Crippen LogP contribution in [-0.4, -0.2) is 53.8 Å². The molecule has 9 heteroatoms. The number of nitrogens with zero attached hydrogens (tertiary/aromatic N) is 7. The second-order valence-electron chi connectivity index (χ2n) is 7.98. The highest BCUT2D eigenvalue weighted by Crippen LogP contribution is 2.30. The van der Waals surface area contributed by atoms with Crippen LogP contribution in [0.5, 0.6) is 0 Å². The summed E-state index contributed by atoms with van der Waals surface area (Å²) in [4.78, 5) is 27.7. The third kappa shape index (κ3) is 3.35. The van der Waals surface area contributed by atoms with E-state index in [1.165, 1.54) is 0 Å². The normalized spacial score (nSPS) is 15.1. The van der Waals surface area contributed by atoms with E-state index in [4.69, 9.17) is 10.7 Å². The molecular formula is C22H24N8O. The van der Waals surface area contributed by atoms with Gasteiger partial charge in [-0.05, 0) is 43.5 Å². The zero-order valence-electron chi connectivity index (χ0n) is 17.6. The molecule has 1 aliphatic heterocycles. The van der Waals surface area contributed by atoms with Gasteiger partial charge in [0.2, 0.25) is 5.91 Å². The van der Waals surface area contributed by atoms with Crippen LogP contribution >= 0.6 is 0 Å². The fraction of sp³-hybridized carbons (Fsp3) is 0.364. The number of hydrogen-bond donors (Lipinski definition) is 1. The Bertz CT molecular complexity index is 1290. The van der Waals surface area contributed by atoms with Crippen LogP contribution in [0.3, 0.4) is 0 Å². The van der Waals surface area contributed by atoms with Crippen LogP contribution in [0.25, 0.3) is 33.3 Å². The number of aromatic nitrogens is 6. The summed E-state index contributed by atoms with van der Waals surface area (Å²) in [6.07, 6.45) is 5.70. The highest BCUT2D eigenvalue weighted by atomic mass is 16.2. The number of nitrogens with two attached hydrogens (primary N) is 1. The van der Waals surface area contributed by atoms with Gasteiger partial charge in [-0.1, -0.05) is 12.1 Å². The number of fused-ring (bicyclic) bond motifs is 3. The molecule has 1 saturated heterocycles. The standard InChI is InChI=1S/C22H24N8O/c1-3-19(31)29-8-6-15(7-9-29)30-21-18(27-28-30)12-24-17-5-4-16(26-20(17)21)14-10-13(2)22(23)25-11-14/h4-5,10-12,15H,3,6-9H2,1-2H3,(H2,23,25). The van der Waals surface area contributed by atoms with E-state index in [2.05, 4.69) is 20.3 Å². The molecule has 0 spiro atoms. The van der Waals surface area contributed by atoms with E-state index in [1.54, 1.807) is 12.4 Å². The maximum absolute atomic E-state index is 12.0. The van der Waals surface area contributed by atoms with Gasteiger partial charge in [0.15, 0.2) is 0 Å². The smallest absolute Gasteiger partial charge is 0.222 e. The molecule has 5 heterocycles. The number of carbonyl (C=O) groups is 1. The summed E-state index contributed by atoms with van der Waals surface area (Å²) in [5, 5.41) is 8.79. The van der Waals surface area contributed by atoms with Crippen LogP contribution in [-0.2, 0) is 4.79 Å². The molecule has 158 valence electrons. The Morgan fingerprint density at radius 1 is 1.16 bits per heavy atom. The average Bonchev–Trinajstić information content (AvgIpc) is 3.25. The molecule has 2 N–H and O–H groups in total. The number of hydrogen-bond acceptors (Lipinski definition) is 7. The molecule has 0 unspecified atom stereocenters. The number of pyridine rings is 3. The summed E-state index contributed by atoms with van der Waals surface area (Å²) < 4.78 is 1.97. The Morgan fingerprint density at radius 2 is 1.97 bits per heavy atom. The molecule has 4 aromatic heterocycles. The van der Waals surface area contributed by atoms with E-state index in [0.717, 1.165) is 64.8 Å². The van der Waals surface area contributed by atoms with Crippen molar-refractivity contribution in [3.8, 4) is 11.3 Å². The molecule has 4 aromatic rings. The maximum atomic E-state index is 12.0. The van der Waals surface area contributed by atoms with Gasteiger partial charge in [-0.25, -0.2) is 14.6 Å². The highest BCUT2D eigenvalue weighted by molar-refractivity contribution is 5.99. The lowest BCUT2D eigenvalue weighted by Gasteiger charge is -2.32. The molecule has 0 aromatic carbocycles. The summed E-state index contributed by atoms with van der Waals surface area (Å²) in [5.41, 5.74) is 11.6. The molecule has 0 bridgehead atoms. The lowest BCUT2D eigenvalue weighted by atomic mass is 10.0. The van der Waals surface area contributed by atoms with Gasteiger partial charge in [0.1, 0.15) is 22.4 Å². The quantitative estimate of drug-likeness (QED) is 0.546. The Balaban J connectivity index is 1.57. The van der Waals surface area contributed by atoms with E-state index >= 15 is 0 Å². The molecule has 0 radical (unpaired) electrons. The lowest BCUT2D eigenvalue weighted by Crippen LogP contribution is -2.38. The minimum atomic E-state index is 0.169. The number of nitrogen functional groups attached to an aromatic ring is 1. The summed E-state index contributed by atoms with van der Waals surface area (Å²) in [5.74, 6) is 0.721. The second kappa shape index (κ2) is 7.57. The molecule has 5 rings (SSSR count). The number of aryl methyl sites for hydroxylation is 1. The Kier molecular flexibility index (Phi) is 4.72. The Labute approximate surface area is 179 Å². The van der Waals surface area contributed by atoms with E-state index in [0.29, 0.717) is 12.2 Å². The minimum Gasteiger partial charge on any atom is -0.383 e. The van der Waals surface area contributed by atoms with Crippen molar-refractivity contribution in [3.05, 3.63) is 36.2 Å². The Hall–Kier alpha value is -3.62. The topological polar surface area (TPSA) is 116 Å². The number of piperidine rings is 1. The number of anilines is 1. The van der Waals surface area contributed by atoms with Crippen LogP contribution in [0.1, 0.15) is 37.8 Å². The van der Waals surface area contributed by atoms with Crippen molar-refractivity contribution in [2.45, 2.75) is 39.2 Å². The summed E-state index contributed by atoms with van der Waals surface area (Å²) in [7, 11) is 0. The largest absolute Gasteiger partial charge is 0.383 e. The van der Waals surface area contributed by atoms with Gasteiger partial charge in [-0.15, -0.1) is 5.10 Å². The first-order valence-electron chi connectivity index (χ1n) is 10.6. The molecule has 0 saturated carbocycles. The van der Waals surface area contributed by atoms with Gasteiger partial charge in [-0.3, -0.25) is 9.78 Å². The molecule has 9 nitrogen and oxygen atoms in total. The van der Waals surface area contributed by atoms with Crippen LogP contribution in [0.4, 0.5) is 5.82 Å². The van der Waals surface area contributed by atoms with Crippen LogP contribution in [0.2, 0.25) is 0 Å². The van der Waals surface area contributed by atoms with Gasteiger partial charge in [0.05, 0.1) is 23.4 Å². The highest BCUT2D eigenvalue weighted by Gasteiger charge is 2.26. The van der Waals surface area contributed by atoms with E-state index in [1.807, 2.05) is 41.6 Å². The molecule has 0 aliphatic carbocycles. The first kappa shape index (κ1) is 19.3. The summed E-state index contributed by atoms with van der Waals surface area (Å²) in [6.45, 7) is 5.30. The summed E-state index contributed by atoms with van der Waals surface area (Å²) >= 11 is 0. The minimum absolute atomic E-state index is 0.169. The molecule has 0 atom stereocenters. The maximum Gasteiger partial charge on any atom is 0.222 e. The lowest BCUT2D eigenvalue weighted by molar-refractivity contribution is -0.132. The molecular weight excluding hydrogens is 392 g/mol. The number of amides is 1. The van der Waals surface area contributed by atoms with Gasteiger partial charge in [0.25, 0.3) is 0 Å². The molecule has 1 aliphatic rings. The number of carbonyl (C=O) groups excluding carboxylic acids is 1. The van der Waals surface area contributed by atoms with Crippen molar-refractivity contribution in [3.63, 3.8) is 0 Å². The zero-order chi connectivity index (χ0) is 21.5. The molecule has 31 heavy (non-hydrogen) atoms. The third-order valence-corrected chi connectivity index (χ3v) is 6.02. The number of likely N-dealkylation sites (tertiary alicyclic amines) is 1. The molecule has 1 fully saturated rings. The second-order valence-corrected chi connectivity index (χ2v) is 7.98. The molecule has 1 amide bonds. The number of rotatable bonds is 3. The van der Waals surface area contributed by atoms with Crippen molar-refractivity contribution in [2.24, 2.45) is 0 Å². The van der Waals surface area contributed by atoms with Crippen molar-refractivity contribution >= 4 is 33.8 Å². The summed E-state index contributed by atoms with van der Waals surface area (Å²) in [6, 6.07) is 6.06. The van der Waals surface area contributed by atoms with Gasteiger partial charge in [-0.2, -0.15) is 0 Å². The first-order valence-corrected chi connectivity index (χ1v) is 10.6. The van der Waals surface area contributed by atoms with Crippen LogP contribution in [0.15, 0.2) is 30.6 Å². The van der Waals surface area contributed by atoms with Crippen molar-refractivity contribution < 1.29 is 4.79 Å². The van der Waals surface area contributed by atoms with E-state index in [9.17, 15) is 4.79 Å². The van der Waals surface area contributed by atoms with E-state index in [-0.39, 0.29) is 11.9 Å². The SMILES string of the molecule is CCC(=O)N1CCC(n2nnc3cnc4ccc(-c5cnc(N)c(C)c5)nc4c32)CC1. The predicted octanol–water partition coefficient (Wildman–Crippen LogP) is 2.90. The van der Waals surface area contributed by atoms with Crippen molar-refractivity contribution in [1.82, 2.24) is 34.8 Å². The fourth-order valence-corrected chi connectivity index (χ4v) is 4.21. The van der Waals surface area contributed by atoms with Gasteiger partial charge in [0, 0.05) is 31.3 Å². The van der Waals surface area contributed by atoms with Gasteiger partial charge < -0.3 is 10.6 Å². The van der Waals surface area contributed by atoms with Crippen LogP contribution in [0, 0.1) is 6.92 Å². The predicted molar refractivity (Wildman–Crippen MR) is 118 cm³/mol. The van der Waals surface area contributed by atoms with Gasteiger partial charge >= 0.3 is 0 Å².